The van der Waals surface area contributed by atoms with Crippen molar-refractivity contribution in [3.05, 3.63) is 71.2 Å². The number of amides is 3. The van der Waals surface area contributed by atoms with Gasteiger partial charge in [-0.25, -0.2) is 22.2 Å². The van der Waals surface area contributed by atoms with Crippen molar-refractivity contribution in [2.24, 2.45) is 11.3 Å². The van der Waals surface area contributed by atoms with E-state index in [1.54, 1.807) is 0 Å². The highest BCUT2D eigenvalue weighted by molar-refractivity contribution is 7.91. The Hall–Kier alpha value is -4.77. The number of alkyl halides is 2. The Bertz CT molecular complexity index is 2290. The van der Waals surface area contributed by atoms with E-state index in [1.807, 2.05) is 73.3 Å². The largest absolute Gasteiger partial charge is 0.349 e. The molecule has 4 heterocycles. The van der Waals surface area contributed by atoms with Gasteiger partial charge >= 0.3 is 0 Å². The molecule has 302 valence electrons. The third-order valence-electron chi connectivity index (χ3n) is 11.4. The molecular weight excluding hydrogens is 775 g/mol. The predicted molar refractivity (Wildman–Crippen MR) is 211 cm³/mol. The second-order valence-corrected chi connectivity index (χ2v) is 19.6. The minimum absolute atomic E-state index is 0.00432. The molecule has 3 N–H and O–H groups in total. The molecule has 3 amide bonds. The number of nitrogens with zero attached hydrogens (tertiary/aromatic N) is 5. The molecule has 17 heteroatoms. The zero-order chi connectivity index (χ0) is 40.3. The van der Waals surface area contributed by atoms with Gasteiger partial charge in [-0.1, -0.05) is 69.3 Å². The normalized spacial score (nSPS) is 25.2. The average Bonchev–Trinajstić information content (AvgIpc) is 3.99. The molecule has 57 heavy (non-hydrogen) atoms. The third kappa shape index (κ3) is 7.92. The van der Waals surface area contributed by atoms with Crippen LogP contribution in [0.2, 0.25) is 0 Å². The van der Waals surface area contributed by atoms with Gasteiger partial charge in [0, 0.05) is 29.5 Å². The highest BCUT2D eigenvalue weighted by Crippen LogP contribution is 2.49. The van der Waals surface area contributed by atoms with E-state index in [1.165, 1.54) is 21.0 Å². The van der Waals surface area contributed by atoms with Crippen LogP contribution in [0.15, 0.2) is 60.0 Å². The van der Waals surface area contributed by atoms with Gasteiger partial charge in [0.25, 0.3) is 5.91 Å². The highest BCUT2D eigenvalue weighted by atomic mass is 32.2. The molecule has 2 aliphatic heterocycles. The number of carbonyl (C=O) groups excluding carboxylic acids is 3. The lowest BCUT2D eigenvalue weighted by atomic mass is 9.85. The van der Waals surface area contributed by atoms with Crippen LogP contribution in [-0.4, -0.2) is 86.9 Å². The topological polar surface area (TPSA) is 168 Å². The molecule has 4 aromatic rings. The lowest BCUT2D eigenvalue weighted by molar-refractivity contribution is -0.141. The summed E-state index contributed by atoms with van der Waals surface area (Å²) in [4.78, 5) is 50.6. The van der Waals surface area contributed by atoms with Crippen molar-refractivity contribution < 1.29 is 31.6 Å². The molecule has 3 fully saturated rings. The van der Waals surface area contributed by atoms with Crippen molar-refractivity contribution in [3.63, 3.8) is 0 Å². The fourth-order valence-electron chi connectivity index (χ4n) is 7.92. The first-order valence-corrected chi connectivity index (χ1v) is 21.8. The fourth-order valence-corrected chi connectivity index (χ4v) is 10.1. The molecule has 8 bridgehead atoms. The Balaban J connectivity index is 1.19. The Kier molecular flexibility index (Phi) is 10.2. The molecule has 1 saturated heterocycles. The van der Waals surface area contributed by atoms with Crippen LogP contribution in [0.1, 0.15) is 76.6 Å². The number of benzene rings is 2. The van der Waals surface area contributed by atoms with Crippen LogP contribution in [0.4, 0.5) is 13.9 Å². The quantitative estimate of drug-likeness (QED) is 0.222. The summed E-state index contributed by atoms with van der Waals surface area (Å²) in [6, 6.07) is 15.0. The van der Waals surface area contributed by atoms with Crippen molar-refractivity contribution in [1.29, 1.82) is 0 Å². The number of anilines is 1. The number of aryl methyl sites for hydroxylation is 2. The number of halogens is 2. The van der Waals surface area contributed by atoms with E-state index in [2.05, 4.69) is 22.8 Å². The van der Waals surface area contributed by atoms with Crippen LogP contribution in [0.3, 0.4) is 0 Å². The Labute approximate surface area is 334 Å². The lowest BCUT2D eigenvalue weighted by Crippen LogP contribution is -2.59. The molecular formula is C40H46F2N8O5S2. The highest BCUT2D eigenvalue weighted by Gasteiger charge is 2.67. The first-order chi connectivity index (χ1) is 27.1. The number of carbonyl (C=O) groups is 3. The summed E-state index contributed by atoms with van der Waals surface area (Å²) in [6.07, 6.45) is 0.711. The fraction of sp³-hybridized carbons (Fsp3) is 0.500. The van der Waals surface area contributed by atoms with Crippen molar-refractivity contribution in [2.75, 3.05) is 11.9 Å². The Morgan fingerprint density at radius 1 is 1.00 bits per heavy atom. The van der Waals surface area contributed by atoms with Crippen molar-refractivity contribution in [1.82, 2.24) is 34.9 Å². The van der Waals surface area contributed by atoms with E-state index < -0.39 is 80.8 Å². The van der Waals surface area contributed by atoms with Gasteiger partial charge in [-0.2, -0.15) is 15.0 Å². The number of fused-ring (bicyclic) bond motifs is 10. The van der Waals surface area contributed by atoms with E-state index in [0.717, 1.165) is 48.1 Å². The number of rotatable bonds is 7. The Morgan fingerprint density at radius 3 is 2.39 bits per heavy atom. The molecule has 2 aliphatic carbocycles. The van der Waals surface area contributed by atoms with Crippen LogP contribution < -0.4 is 15.4 Å². The molecule has 8 rings (SSSR count). The summed E-state index contributed by atoms with van der Waals surface area (Å²) in [6.45, 7) is 5.68. The standard InChI is InChI=1S/C40H46F2N8O5S2/c1-39(2,3)33-36(52)49-21-27(19-30(49)35(51)45-40(20-29(40)34(41)42)37(53)48-57(54,55)28-16-17-28)50-46-31(24-12-5-4-6-13-24)32(47-50)25-14-9-11-23(18-25)10-7-8-15-26-22-56-38(43-26)44-33/h4-6,9,11-14,18,22,27-30,33-34H,7-8,10,15-17,19-21H2,1-3H3,(H,43,44)(H,45,51)(H,48,53)/t27-,29+,30+,33-,40-/m1/s1. The maximum atomic E-state index is 14.9. The molecule has 4 aliphatic rings. The summed E-state index contributed by atoms with van der Waals surface area (Å²) in [5.41, 5.74) is 2.13. The Morgan fingerprint density at radius 2 is 1.70 bits per heavy atom. The minimum Gasteiger partial charge on any atom is -0.349 e. The SMILES string of the molecule is CC(C)(C)[C@@H]1Nc2nc(cs2)CCCCc2cccc(c2)-c2nn(nc2-c2ccccc2)[C@@H]2C[C@@H](C(=O)N[C@]3(C(=O)NS(=O)(=O)C4CC4)C[C@H]3C(F)F)N(C2)C1=O. The molecule has 2 saturated carbocycles. The minimum atomic E-state index is -4.10. The summed E-state index contributed by atoms with van der Waals surface area (Å²) in [5, 5.41) is 17.6. The molecule has 0 unspecified atom stereocenters. The van der Waals surface area contributed by atoms with Gasteiger partial charge in [-0.3, -0.25) is 19.1 Å². The number of hydrogen-bond donors (Lipinski definition) is 3. The van der Waals surface area contributed by atoms with Crippen molar-refractivity contribution in [2.45, 2.75) is 107 Å². The van der Waals surface area contributed by atoms with E-state index >= 15 is 0 Å². The molecule has 2 aromatic carbocycles. The van der Waals surface area contributed by atoms with Crippen LogP contribution in [0.5, 0.6) is 0 Å². The van der Waals surface area contributed by atoms with E-state index in [9.17, 15) is 31.6 Å². The zero-order valence-corrected chi connectivity index (χ0v) is 33.6. The second kappa shape index (κ2) is 14.9. The summed E-state index contributed by atoms with van der Waals surface area (Å²) >= 11 is 1.39. The second-order valence-electron chi connectivity index (χ2n) is 16.8. The monoisotopic (exact) mass is 820 g/mol. The first kappa shape index (κ1) is 39.1. The lowest BCUT2D eigenvalue weighted by Gasteiger charge is -2.35. The van der Waals surface area contributed by atoms with E-state index in [-0.39, 0.29) is 13.0 Å². The van der Waals surface area contributed by atoms with Crippen LogP contribution in [0.25, 0.3) is 22.5 Å². The van der Waals surface area contributed by atoms with Crippen LogP contribution >= 0.6 is 11.3 Å². The number of aromatic nitrogens is 4. The number of nitrogens with one attached hydrogen (secondary N) is 3. The third-order valence-corrected chi connectivity index (χ3v) is 14.1. The smallest absolute Gasteiger partial charge is 0.259 e. The van der Waals surface area contributed by atoms with Crippen molar-refractivity contribution >= 4 is 44.2 Å². The first-order valence-electron chi connectivity index (χ1n) is 19.4. The number of thiazole rings is 1. The maximum absolute atomic E-state index is 14.9. The van der Waals surface area contributed by atoms with Gasteiger partial charge in [-0.15, -0.1) is 11.3 Å². The van der Waals surface area contributed by atoms with Gasteiger partial charge < -0.3 is 15.5 Å². The molecule has 0 spiro atoms. The predicted octanol–water partition coefficient (Wildman–Crippen LogP) is 5.36. The van der Waals surface area contributed by atoms with E-state index in [0.29, 0.717) is 29.4 Å². The van der Waals surface area contributed by atoms with Gasteiger partial charge in [0.15, 0.2) is 5.13 Å². The summed E-state index contributed by atoms with van der Waals surface area (Å²) < 4.78 is 56.0. The maximum Gasteiger partial charge on any atom is 0.259 e. The number of sulfonamides is 1. The number of hydrogen-bond acceptors (Lipinski definition) is 10. The zero-order valence-electron chi connectivity index (χ0n) is 32.0. The summed E-state index contributed by atoms with van der Waals surface area (Å²) in [5.74, 6) is -4.08. The van der Waals surface area contributed by atoms with Gasteiger partial charge in [0.2, 0.25) is 28.3 Å². The molecule has 2 aromatic heterocycles. The van der Waals surface area contributed by atoms with Gasteiger partial charge in [0.05, 0.1) is 22.9 Å². The van der Waals surface area contributed by atoms with Gasteiger partial charge in [-0.05, 0) is 62.0 Å². The average molecular weight is 821 g/mol. The molecule has 13 nitrogen and oxygen atoms in total. The van der Waals surface area contributed by atoms with Crippen LogP contribution in [0, 0.1) is 11.3 Å². The molecule has 0 radical (unpaired) electrons. The van der Waals surface area contributed by atoms with Crippen molar-refractivity contribution in [3.8, 4) is 22.5 Å². The summed E-state index contributed by atoms with van der Waals surface area (Å²) in [7, 11) is -4.10. The van der Waals surface area contributed by atoms with Crippen LogP contribution in [-0.2, 0) is 37.2 Å². The molecule has 5 atom stereocenters. The van der Waals surface area contributed by atoms with E-state index in [4.69, 9.17) is 15.2 Å². The van der Waals surface area contributed by atoms with Gasteiger partial charge in [0.1, 0.15) is 29.0 Å².